The number of fused-ring (bicyclic) bond motifs is 5. The van der Waals surface area contributed by atoms with E-state index in [9.17, 15) is 0 Å². The van der Waals surface area contributed by atoms with Crippen molar-refractivity contribution in [1.29, 1.82) is 0 Å². The van der Waals surface area contributed by atoms with Crippen LogP contribution in [0.4, 0.5) is 0 Å². The van der Waals surface area contributed by atoms with Gasteiger partial charge in [-0.3, -0.25) is 9.88 Å². The lowest BCUT2D eigenvalue weighted by atomic mass is 10.1. The van der Waals surface area contributed by atoms with Gasteiger partial charge in [-0.05, 0) is 37.4 Å². The number of nitrogens with zero attached hydrogens (tertiary/aromatic N) is 3. The summed E-state index contributed by atoms with van der Waals surface area (Å²) in [5.41, 5.74) is 4.32. The molecule has 2 aromatic heterocycles. The Hall–Kier alpha value is -2.34. The van der Waals surface area contributed by atoms with Gasteiger partial charge in [0.05, 0.1) is 18.1 Å². The van der Waals surface area contributed by atoms with Crippen LogP contribution in [-0.2, 0) is 6.54 Å². The van der Waals surface area contributed by atoms with Crippen LogP contribution in [0.1, 0.15) is 5.56 Å². The monoisotopic (exact) mass is 394 g/mol. The molecule has 0 amide bonds. The van der Waals surface area contributed by atoms with Crippen molar-refractivity contribution in [1.82, 2.24) is 19.8 Å². The molecule has 2 aromatic carbocycles. The molecule has 0 atom stereocenters. The third-order valence-electron chi connectivity index (χ3n) is 5.79. The molecule has 1 aliphatic rings. The van der Waals surface area contributed by atoms with Crippen molar-refractivity contribution in [2.75, 3.05) is 40.3 Å². The topological polar surface area (TPSA) is 44.4 Å². The summed E-state index contributed by atoms with van der Waals surface area (Å²) in [4.78, 5) is 13.1. The van der Waals surface area contributed by atoms with E-state index in [0.29, 0.717) is 5.02 Å². The van der Waals surface area contributed by atoms with E-state index in [0.717, 1.165) is 71.2 Å². The molecule has 0 radical (unpaired) electrons. The van der Waals surface area contributed by atoms with Crippen molar-refractivity contribution in [2.24, 2.45) is 0 Å². The molecule has 5 nitrogen and oxygen atoms in total. The quantitative estimate of drug-likeness (QED) is 0.563. The zero-order valence-corrected chi connectivity index (χ0v) is 16.9. The second-order valence-electron chi connectivity index (χ2n) is 7.62. The molecule has 6 heteroatoms. The molecule has 3 heterocycles. The molecule has 0 spiro atoms. The molecule has 28 heavy (non-hydrogen) atoms. The number of methoxy groups -OCH3 is 1. The Morgan fingerprint density at radius 1 is 1.07 bits per heavy atom. The maximum atomic E-state index is 6.14. The number of halogens is 1. The van der Waals surface area contributed by atoms with E-state index in [1.54, 1.807) is 7.11 Å². The van der Waals surface area contributed by atoms with Gasteiger partial charge in [-0.25, -0.2) is 0 Å². The van der Waals surface area contributed by atoms with Crippen LogP contribution in [-0.4, -0.2) is 60.1 Å². The van der Waals surface area contributed by atoms with E-state index in [2.05, 4.69) is 38.9 Å². The minimum atomic E-state index is 0.701. The van der Waals surface area contributed by atoms with Crippen LogP contribution in [0, 0.1) is 0 Å². The number of H-pyrrole nitrogens is 1. The van der Waals surface area contributed by atoms with Crippen molar-refractivity contribution in [3.8, 4) is 5.75 Å². The fraction of sp³-hybridized carbons (Fsp3) is 0.318. The Balaban J connectivity index is 1.62. The highest BCUT2D eigenvalue weighted by molar-refractivity contribution is 6.31. The van der Waals surface area contributed by atoms with E-state index in [-0.39, 0.29) is 0 Å². The van der Waals surface area contributed by atoms with E-state index >= 15 is 0 Å². The number of rotatable bonds is 3. The third kappa shape index (κ3) is 3.00. The first-order valence-corrected chi connectivity index (χ1v) is 9.97. The Bertz CT molecular complexity index is 1180. The highest BCUT2D eigenvalue weighted by atomic mass is 35.5. The molecular formula is C22H23ClN4O. The Labute approximate surface area is 168 Å². The highest BCUT2D eigenvalue weighted by Gasteiger charge is 2.18. The van der Waals surface area contributed by atoms with E-state index in [1.807, 2.05) is 24.4 Å². The largest absolute Gasteiger partial charge is 0.496 e. The smallest absolute Gasteiger partial charge is 0.124 e. The van der Waals surface area contributed by atoms with E-state index in [1.165, 1.54) is 5.56 Å². The number of ether oxygens (including phenoxy) is 1. The van der Waals surface area contributed by atoms with Gasteiger partial charge in [-0.15, -0.1) is 0 Å². The van der Waals surface area contributed by atoms with Crippen molar-refractivity contribution in [3.63, 3.8) is 0 Å². The number of aromatic amines is 1. The van der Waals surface area contributed by atoms with Crippen LogP contribution < -0.4 is 4.74 Å². The fourth-order valence-electron chi connectivity index (χ4n) is 4.15. The van der Waals surface area contributed by atoms with Crippen molar-refractivity contribution in [2.45, 2.75) is 6.54 Å². The predicted molar refractivity (Wildman–Crippen MR) is 115 cm³/mol. The van der Waals surface area contributed by atoms with Gasteiger partial charge in [0, 0.05) is 71.2 Å². The minimum absolute atomic E-state index is 0.701. The lowest BCUT2D eigenvalue weighted by molar-refractivity contribution is 0.147. The first-order valence-electron chi connectivity index (χ1n) is 9.60. The summed E-state index contributed by atoms with van der Waals surface area (Å²) in [6, 6.07) is 10.2. The van der Waals surface area contributed by atoms with Gasteiger partial charge in [0.15, 0.2) is 0 Å². The minimum Gasteiger partial charge on any atom is -0.496 e. The molecule has 4 aromatic rings. The van der Waals surface area contributed by atoms with Gasteiger partial charge in [-0.2, -0.15) is 0 Å². The van der Waals surface area contributed by atoms with E-state index < -0.39 is 0 Å². The summed E-state index contributed by atoms with van der Waals surface area (Å²) in [5, 5.41) is 4.02. The number of likely N-dealkylation sites (N-methyl/N-ethyl adjacent to an activating group) is 1. The van der Waals surface area contributed by atoms with Gasteiger partial charge < -0.3 is 14.6 Å². The first kappa shape index (κ1) is 17.7. The van der Waals surface area contributed by atoms with Crippen LogP contribution >= 0.6 is 11.6 Å². The second kappa shape index (κ2) is 6.92. The number of piperazine rings is 1. The van der Waals surface area contributed by atoms with Crippen LogP contribution in [0.2, 0.25) is 5.02 Å². The average Bonchev–Trinajstić information content (AvgIpc) is 3.06. The normalized spacial score (nSPS) is 16.4. The number of hydrogen-bond acceptors (Lipinski definition) is 4. The Morgan fingerprint density at radius 3 is 2.68 bits per heavy atom. The van der Waals surface area contributed by atoms with Crippen LogP contribution in [0.3, 0.4) is 0 Å². The standard InChI is InChI=1S/C22H23ClN4O/c1-26-5-7-27(8-6-26)13-14-9-20-17(11-21(14)28-2)18-12-24-19-10-15(23)3-4-16(19)22(18)25-20/h3-4,9-12,25H,5-8,13H2,1-2H3. The fourth-order valence-corrected chi connectivity index (χ4v) is 4.32. The predicted octanol–water partition coefficient (Wildman–Crippen LogP) is 4.28. The molecule has 1 N–H and O–H groups in total. The molecule has 0 unspecified atom stereocenters. The molecule has 0 saturated carbocycles. The SMILES string of the molecule is COc1cc2c(cc1CN1CCN(C)CC1)[nH]c1c3ccc(Cl)cc3ncc21. The summed E-state index contributed by atoms with van der Waals surface area (Å²) in [6.07, 6.45) is 1.92. The van der Waals surface area contributed by atoms with Gasteiger partial charge in [0.2, 0.25) is 0 Å². The molecule has 0 aliphatic carbocycles. The van der Waals surface area contributed by atoms with Gasteiger partial charge in [-0.1, -0.05) is 11.6 Å². The molecule has 1 fully saturated rings. The first-order chi connectivity index (χ1) is 13.6. The summed E-state index contributed by atoms with van der Waals surface area (Å²) in [7, 11) is 3.93. The number of pyridine rings is 1. The molecular weight excluding hydrogens is 372 g/mol. The Morgan fingerprint density at radius 2 is 1.89 bits per heavy atom. The number of nitrogens with one attached hydrogen (secondary N) is 1. The lowest BCUT2D eigenvalue weighted by Gasteiger charge is -2.32. The van der Waals surface area contributed by atoms with Crippen LogP contribution in [0.5, 0.6) is 5.75 Å². The molecule has 1 aliphatic heterocycles. The zero-order chi connectivity index (χ0) is 19.3. The summed E-state index contributed by atoms with van der Waals surface area (Å²) >= 11 is 6.14. The summed E-state index contributed by atoms with van der Waals surface area (Å²) in [6.45, 7) is 5.28. The highest BCUT2D eigenvalue weighted by Crippen LogP contribution is 2.35. The molecule has 1 saturated heterocycles. The maximum absolute atomic E-state index is 6.14. The van der Waals surface area contributed by atoms with Gasteiger partial charge >= 0.3 is 0 Å². The van der Waals surface area contributed by atoms with Gasteiger partial charge in [0.1, 0.15) is 5.75 Å². The van der Waals surface area contributed by atoms with Crippen molar-refractivity contribution >= 4 is 44.3 Å². The number of benzene rings is 2. The lowest BCUT2D eigenvalue weighted by Crippen LogP contribution is -2.43. The van der Waals surface area contributed by atoms with E-state index in [4.69, 9.17) is 16.3 Å². The third-order valence-corrected chi connectivity index (χ3v) is 6.03. The van der Waals surface area contributed by atoms with Crippen molar-refractivity contribution < 1.29 is 4.74 Å². The zero-order valence-electron chi connectivity index (χ0n) is 16.1. The summed E-state index contributed by atoms with van der Waals surface area (Å²) in [5.74, 6) is 0.934. The second-order valence-corrected chi connectivity index (χ2v) is 8.06. The van der Waals surface area contributed by atoms with Crippen molar-refractivity contribution in [3.05, 3.63) is 47.1 Å². The molecule has 5 rings (SSSR count). The Kier molecular flexibility index (Phi) is 4.38. The van der Waals surface area contributed by atoms with Gasteiger partial charge in [0.25, 0.3) is 0 Å². The summed E-state index contributed by atoms with van der Waals surface area (Å²) < 4.78 is 5.75. The average molecular weight is 395 g/mol. The van der Waals surface area contributed by atoms with Crippen LogP contribution in [0.25, 0.3) is 32.7 Å². The number of hydrogen-bond donors (Lipinski definition) is 1. The maximum Gasteiger partial charge on any atom is 0.124 e. The van der Waals surface area contributed by atoms with Crippen LogP contribution in [0.15, 0.2) is 36.5 Å². The molecule has 0 bridgehead atoms. The molecule has 144 valence electrons. The number of aromatic nitrogens is 2.